The summed E-state index contributed by atoms with van der Waals surface area (Å²) in [5, 5.41) is 63.8. The Morgan fingerprint density at radius 2 is 0.354 bits per heavy atom. The largest absolute Gasteiger partial charge is 3.00 e. The molecule has 0 aliphatic heterocycles. The number of hydrogen-bond donors (Lipinski definition) is 4. The van der Waals surface area contributed by atoms with Crippen molar-refractivity contribution in [3.63, 3.8) is 0 Å². The van der Waals surface area contributed by atoms with Crippen LogP contribution >= 0.6 is 0 Å². The summed E-state index contributed by atoms with van der Waals surface area (Å²) < 4.78 is 0. The number of carboxylic acid groups (broad SMARTS) is 7. The smallest absolute Gasteiger partial charge is 0.545 e. The number of carbonyl (C=O) groups is 7. The van der Waals surface area contributed by atoms with Gasteiger partial charge in [0, 0.05) is 0 Å². The molecule has 7 rings (SSSR count). The molecule has 0 amide bonds. The molecular weight excluding hydrogens is 868 g/mol. The molecule has 0 atom stereocenters. The van der Waals surface area contributed by atoms with Gasteiger partial charge in [0.25, 0.3) is 0 Å². The second-order valence-electron chi connectivity index (χ2n) is 11.6. The summed E-state index contributed by atoms with van der Waals surface area (Å²) in [6.07, 6.45) is 0. The van der Waals surface area contributed by atoms with Gasteiger partial charge in [0.05, 0.1) is 40.2 Å². The van der Waals surface area contributed by atoms with Gasteiger partial charge in [0.1, 0.15) is 0 Å². The number of hydrogen-bond acceptors (Lipinski definition) is 10. The van der Waals surface area contributed by atoms with Gasteiger partial charge in [0.15, 0.2) is 0 Å². The summed E-state index contributed by atoms with van der Waals surface area (Å²) in [5.41, 5.74) is 1.98. The number of carboxylic acids is 7. The van der Waals surface area contributed by atoms with Crippen molar-refractivity contribution >= 4 is 70.1 Å². The molecule has 7 aromatic rings. The van der Waals surface area contributed by atoms with E-state index in [9.17, 15) is 48.9 Å². The van der Waals surface area contributed by atoms with Crippen molar-refractivity contribution in [3.05, 3.63) is 251 Å². The molecule has 0 unspecified atom stereocenters. The van der Waals surface area contributed by atoms with E-state index in [0.29, 0.717) is 22.3 Å². The zero-order valence-corrected chi connectivity index (χ0v) is 34.8. The first-order valence-corrected chi connectivity index (χ1v) is 18.1. The van der Waals surface area contributed by atoms with Gasteiger partial charge in [-0.05, 0) is 76.2 Å². The minimum absolute atomic E-state index is 0. The Kier molecular flexibility index (Phi) is 31.8. The van der Waals surface area contributed by atoms with Gasteiger partial charge in [-0.2, -0.15) is 0 Å². The van der Waals surface area contributed by atoms with E-state index in [4.69, 9.17) is 20.4 Å². The van der Waals surface area contributed by atoms with Crippen LogP contribution in [0.2, 0.25) is 0 Å². The zero-order valence-electron chi connectivity index (χ0n) is 33.7. The fraction of sp³-hybridized carbons (Fsp3) is 0. The third-order valence-electron chi connectivity index (χ3n) is 7.11. The van der Waals surface area contributed by atoms with Crippen LogP contribution in [-0.4, -0.2) is 90.5 Å². The molecule has 0 heterocycles. The first-order valence-electron chi connectivity index (χ1n) is 18.1. The van der Waals surface area contributed by atoms with Crippen molar-refractivity contribution in [2.24, 2.45) is 0 Å². The SMILES string of the molecule is O=C(O)c1ccccc1.O=C(O)c1ccccc1.O=C(O)c1ccccc1.O=C(O)c1ccccc1.O=C([O-])c1ccccc1.O=C([O-])c1ccccc1.O=C([O-])c1ccccc1.[Al+3].[SiH4]. The quantitative estimate of drug-likeness (QED) is 0.166. The first-order chi connectivity index (χ1) is 30.1. The van der Waals surface area contributed by atoms with Crippen molar-refractivity contribution in [3.8, 4) is 0 Å². The van der Waals surface area contributed by atoms with Gasteiger partial charge in [-0.3, -0.25) is 0 Å². The molecule has 0 radical (unpaired) electrons. The van der Waals surface area contributed by atoms with E-state index in [1.165, 1.54) is 36.4 Å². The predicted octanol–water partition coefficient (Wildman–Crippen LogP) is 3.86. The van der Waals surface area contributed by atoms with Crippen LogP contribution < -0.4 is 15.3 Å². The summed E-state index contributed by atoms with van der Waals surface area (Å²) in [4.78, 5) is 71.1. The van der Waals surface area contributed by atoms with E-state index in [1.807, 2.05) is 0 Å². The van der Waals surface area contributed by atoms with E-state index in [1.54, 1.807) is 176 Å². The van der Waals surface area contributed by atoms with Crippen molar-refractivity contribution in [2.75, 3.05) is 0 Å². The third-order valence-corrected chi connectivity index (χ3v) is 7.11. The zero-order chi connectivity index (χ0) is 46.8. The molecule has 16 heteroatoms. The molecule has 330 valence electrons. The van der Waals surface area contributed by atoms with Crippen LogP contribution in [0.15, 0.2) is 212 Å². The van der Waals surface area contributed by atoms with Gasteiger partial charge in [-0.1, -0.05) is 164 Å². The van der Waals surface area contributed by atoms with E-state index in [-0.39, 0.29) is 45.0 Å². The number of aromatic carboxylic acids is 7. The molecule has 0 saturated carbocycles. The van der Waals surface area contributed by atoms with E-state index in [0.717, 1.165) is 0 Å². The maximum Gasteiger partial charge on any atom is 3.00 e. The van der Waals surface area contributed by atoms with Crippen LogP contribution in [0.5, 0.6) is 0 Å². The topological polar surface area (TPSA) is 270 Å². The van der Waals surface area contributed by atoms with Crippen LogP contribution in [0.3, 0.4) is 0 Å². The van der Waals surface area contributed by atoms with Crippen LogP contribution in [-0.2, 0) is 0 Å². The van der Waals surface area contributed by atoms with Gasteiger partial charge in [-0.15, -0.1) is 0 Å². The minimum Gasteiger partial charge on any atom is -0.545 e. The molecule has 0 bridgehead atoms. The maximum absolute atomic E-state index is 10.2. The molecule has 4 N–H and O–H groups in total. The van der Waals surface area contributed by atoms with Crippen LogP contribution in [0.1, 0.15) is 72.5 Å². The Morgan fingerprint density at radius 1 is 0.246 bits per heavy atom. The Bertz CT molecular complexity index is 1930. The average Bonchev–Trinajstić information content (AvgIpc) is 3.32. The fourth-order valence-electron chi connectivity index (χ4n) is 4.05. The molecule has 14 nitrogen and oxygen atoms in total. The van der Waals surface area contributed by atoms with Gasteiger partial charge in [0.2, 0.25) is 0 Å². The molecule has 0 aromatic heterocycles. The normalized spacial score (nSPS) is 8.62. The molecule has 0 fully saturated rings. The molecule has 0 spiro atoms. The van der Waals surface area contributed by atoms with Gasteiger partial charge >= 0.3 is 41.2 Å². The van der Waals surface area contributed by atoms with E-state index in [2.05, 4.69) is 0 Å². The third kappa shape index (κ3) is 27.9. The summed E-state index contributed by atoms with van der Waals surface area (Å²) in [6.45, 7) is 0. The second-order valence-corrected chi connectivity index (χ2v) is 11.6. The number of rotatable bonds is 7. The van der Waals surface area contributed by atoms with Crippen LogP contribution in [0.25, 0.3) is 0 Å². The Balaban J connectivity index is 0. The molecular formula is C49H43AlO14Si. The Labute approximate surface area is 389 Å². The molecule has 65 heavy (non-hydrogen) atoms. The summed E-state index contributed by atoms with van der Waals surface area (Å²) in [7, 11) is 0. The number of benzene rings is 7. The van der Waals surface area contributed by atoms with Crippen molar-refractivity contribution < 1.29 is 69.3 Å². The van der Waals surface area contributed by atoms with Crippen LogP contribution in [0.4, 0.5) is 0 Å². The van der Waals surface area contributed by atoms with Crippen LogP contribution in [0, 0.1) is 0 Å². The number of carbonyl (C=O) groups excluding carboxylic acids is 3. The van der Waals surface area contributed by atoms with E-state index >= 15 is 0 Å². The predicted molar refractivity (Wildman–Crippen MR) is 243 cm³/mol. The van der Waals surface area contributed by atoms with E-state index < -0.39 is 41.8 Å². The van der Waals surface area contributed by atoms with Crippen molar-refractivity contribution in [1.82, 2.24) is 0 Å². The maximum atomic E-state index is 10.2. The summed E-state index contributed by atoms with van der Waals surface area (Å²) in [5.74, 6) is -6.90. The Hall–Kier alpha value is -8.42. The second kappa shape index (κ2) is 35.2. The summed E-state index contributed by atoms with van der Waals surface area (Å²) >= 11 is 0. The molecule has 7 aromatic carbocycles. The molecule has 0 aliphatic rings. The van der Waals surface area contributed by atoms with Gasteiger partial charge < -0.3 is 50.1 Å². The van der Waals surface area contributed by atoms with Crippen molar-refractivity contribution in [2.45, 2.75) is 0 Å². The van der Waals surface area contributed by atoms with Gasteiger partial charge in [-0.25, -0.2) is 19.2 Å². The molecule has 0 aliphatic carbocycles. The minimum atomic E-state index is -1.13. The first kappa shape index (κ1) is 58.7. The average molecular weight is 911 g/mol. The van der Waals surface area contributed by atoms with Crippen molar-refractivity contribution in [1.29, 1.82) is 0 Å². The standard InChI is InChI=1S/7C7H6O2.Al.H4Si/c7*8-7(9)6-4-2-1-3-5-6;;/h7*1-5H,(H,8,9);;1H4/q;;;;;;;+3;/p-3. The monoisotopic (exact) mass is 910 g/mol. The Morgan fingerprint density at radius 3 is 0.415 bits per heavy atom. The fourth-order valence-corrected chi connectivity index (χ4v) is 4.05. The molecule has 0 saturated heterocycles. The summed E-state index contributed by atoms with van der Waals surface area (Å²) in [6, 6.07) is 57.4.